The molecule has 6 nitrogen and oxygen atoms in total. The van der Waals surface area contributed by atoms with E-state index in [1.807, 2.05) is 35.4 Å². The molecule has 2 fully saturated rings. The molecule has 1 aliphatic carbocycles. The summed E-state index contributed by atoms with van der Waals surface area (Å²) >= 11 is 0. The van der Waals surface area contributed by atoms with Crippen LogP contribution in [-0.4, -0.2) is 53.0 Å². The van der Waals surface area contributed by atoms with Crippen LogP contribution in [0.5, 0.6) is 0 Å². The summed E-state index contributed by atoms with van der Waals surface area (Å²) in [6.45, 7) is 3.14. The number of rotatable bonds is 4. The summed E-state index contributed by atoms with van der Waals surface area (Å²) in [5.41, 5.74) is 2.30. The Morgan fingerprint density at radius 2 is 1.93 bits per heavy atom. The van der Waals surface area contributed by atoms with Gasteiger partial charge in [0.2, 0.25) is 0 Å². The number of pyridine rings is 2. The Balaban J connectivity index is 1.51. The normalized spacial score (nSPS) is 18.3. The Labute approximate surface area is 160 Å². The molecule has 1 amide bonds. The molecule has 3 heterocycles. The van der Waals surface area contributed by atoms with Gasteiger partial charge in [-0.25, -0.2) is 9.97 Å². The largest absolute Gasteiger partial charge is 0.367 e. The van der Waals surface area contributed by atoms with Crippen molar-refractivity contribution in [1.82, 2.24) is 20.2 Å². The average molecular weight is 365 g/mol. The summed E-state index contributed by atoms with van der Waals surface area (Å²) in [5.74, 6) is 0.896. The molecule has 2 aliphatic rings. The Morgan fingerprint density at radius 1 is 1.11 bits per heavy atom. The quantitative estimate of drug-likeness (QED) is 0.872. The molecule has 142 valence electrons. The average Bonchev–Trinajstić information content (AvgIpc) is 2.75. The lowest BCUT2D eigenvalue weighted by Gasteiger charge is -2.27. The van der Waals surface area contributed by atoms with Crippen LogP contribution < -0.4 is 10.6 Å². The van der Waals surface area contributed by atoms with Crippen molar-refractivity contribution in [1.29, 1.82) is 0 Å². The minimum atomic E-state index is 0.00737. The molecule has 27 heavy (non-hydrogen) atoms. The molecule has 6 heteroatoms. The summed E-state index contributed by atoms with van der Waals surface area (Å²) in [5, 5.41) is 6.83. The van der Waals surface area contributed by atoms with Crippen molar-refractivity contribution in [3.05, 3.63) is 42.2 Å². The van der Waals surface area contributed by atoms with E-state index in [9.17, 15) is 4.79 Å². The highest BCUT2D eigenvalue weighted by molar-refractivity contribution is 5.93. The van der Waals surface area contributed by atoms with Crippen molar-refractivity contribution in [2.24, 2.45) is 0 Å². The minimum Gasteiger partial charge on any atom is -0.367 e. The van der Waals surface area contributed by atoms with Gasteiger partial charge in [0.05, 0.1) is 5.69 Å². The SMILES string of the molecule is O=C(c1cccc(-c2ccnc(NC3CCCCC3)c2)n1)N1CCNCC1. The summed E-state index contributed by atoms with van der Waals surface area (Å²) in [4.78, 5) is 23.7. The maximum absolute atomic E-state index is 12.7. The molecule has 0 bridgehead atoms. The zero-order chi connectivity index (χ0) is 18.5. The van der Waals surface area contributed by atoms with Crippen LogP contribution in [0.15, 0.2) is 36.5 Å². The van der Waals surface area contributed by atoms with Crippen LogP contribution in [0.2, 0.25) is 0 Å². The smallest absolute Gasteiger partial charge is 0.272 e. The van der Waals surface area contributed by atoms with Crippen LogP contribution >= 0.6 is 0 Å². The van der Waals surface area contributed by atoms with E-state index in [0.29, 0.717) is 11.7 Å². The number of nitrogens with zero attached hydrogens (tertiary/aromatic N) is 3. The molecule has 0 spiro atoms. The fourth-order valence-electron chi connectivity index (χ4n) is 3.87. The maximum Gasteiger partial charge on any atom is 0.272 e. The molecule has 0 aromatic carbocycles. The number of hydrogen-bond acceptors (Lipinski definition) is 5. The third-order valence-corrected chi connectivity index (χ3v) is 5.39. The predicted molar refractivity (Wildman–Crippen MR) is 107 cm³/mol. The monoisotopic (exact) mass is 365 g/mol. The van der Waals surface area contributed by atoms with Crippen LogP contribution in [0.3, 0.4) is 0 Å². The number of aromatic nitrogens is 2. The molecular formula is C21H27N5O. The highest BCUT2D eigenvalue weighted by Gasteiger charge is 2.19. The van der Waals surface area contributed by atoms with Gasteiger partial charge in [0, 0.05) is 44.0 Å². The van der Waals surface area contributed by atoms with Crippen LogP contribution in [-0.2, 0) is 0 Å². The number of hydrogen-bond donors (Lipinski definition) is 2. The van der Waals surface area contributed by atoms with E-state index in [1.54, 1.807) is 6.07 Å². The van der Waals surface area contributed by atoms with E-state index in [2.05, 4.69) is 20.6 Å². The van der Waals surface area contributed by atoms with Crippen molar-refractivity contribution >= 4 is 11.7 Å². The Hall–Kier alpha value is -2.47. The highest BCUT2D eigenvalue weighted by Crippen LogP contribution is 2.24. The van der Waals surface area contributed by atoms with Crippen molar-refractivity contribution in [3.63, 3.8) is 0 Å². The molecule has 1 aliphatic heterocycles. The minimum absolute atomic E-state index is 0.00737. The van der Waals surface area contributed by atoms with Crippen LogP contribution in [0.4, 0.5) is 5.82 Å². The first kappa shape index (κ1) is 17.9. The third kappa shape index (κ3) is 4.45. The molecular weight excluding hydrogens is 338 g/mol. The molecule has 2 aromatic heterocycles. The van der Waals surface area contributed by atoms with E-state index in [-0.39, 0.29) is 5.91 Å². The molecule has 2 aromatic rings. The number of piperazine rings is 1. The van der Waals surface area contributed by atoms with Crippen LogP contribution in [0.25, 0.3) is 11.3 Å². The lowest BCUT2D eigenvalue weighted by Crippen LogP contribution is -2.46. The van der Waals surface area contributed by atoms with Gasteiger partial charge in [0.15, 0.2) is 0 Å². The molecule has 0 atom stereocenters. The molecule has 1 saturated heterocycles. The van der Waals surface area contributed by atoms with Gasteiger partial charge in [-0.1, -0.05) is 25.3 Å². The van der Waals surface area contributed by atoms with E-state index >= 15 is 0 Å². The molecule has 0 radical (unpaired) electrons. The molecule has 2 N–H and O–H groups in total. The van der Waals surface area contributed by atoms with Crippen molar-refractivity contribution in [2.45, 2.75) is 38.1 Å². The van der Waals surface area contributed by atoms with Gasteiger partial charge < -0.3 is 15.5 Å². The second kappa shape index (κ2) is 8.48. The first-order valence-corrected chi connectivity index (χ1v) is 9.99. The topological polar surface area (TPSA) is 70.2 Å². The van der Waals surface area contributed by atoms with Crippen molar-refractivity contribution < 1.29 is 4.79 Å². The zero-order valence-electron chi connectivity index (χ0n) is 15.7. The number of carbonyl (C=O) groups is 1. The fourth-order valence-corrected chi connectivity index (χ4v) is 3.87. The Bertz CT molecular complexity index is 782. The highest BCUT2D eigenvalue weighted by atomic mass is 16.2. The Morgan fingerprint density at radius 3 is 2.74 bits per heavy atom. The molecule has 4 rings (SSSR count). The third-order valence-electron chi connectivity index (χ3n) is 5.39. The van der Waals surface area contributed by atoms with Gasteiger partial charge in [-0.05, 0) is 37.1 Å². The number of carbonyl (C=O) groups excluding carboxylic acids is 1. The summed E-state index contributed by atoms with van der Waals surface area (Å²) < 4.78 is 0. The lowest BCUT2D eigenvalue weighted by molar-refractivity contribution is 0.0730. The number of nitrogens with one attached hydrogen (secondary N) is 2. The maximum atomic E-state index is 12.7. The first-order valence-electron chi connectivity index (χ1n) is 9.99. The van der Waals surface area contributed by atoms with E-state index in [1.165, 1.54) is 32.1 Å². The van der Waals surface area contributed by atoms with E-state index in [4.69, 9.17) is 0 Å². The van der Waals surface area contributed by atoms with Gasteiger partial charge in [0.1, 0.15) is 11.5 Å². The van der Waals surface area contributed by atoms with Gasteiger partial charge in [-0.15, -0.1) is 0 Å². The van der Waals surface area contributed by atoms with Gasteiger partial charge in [-0.2, -0.15) is 0 Å². The van der Waals surface area contributed by atoms with Gasteiger partial charge >= 0.3 is 0 Å². The predicted octanol–water partition coefficient (Wildman–Crippen LogP) is 2.93. The summed E-state index contributed by atoms with van der Waals surface area (Å²) in [6.07, 6.45) is 8.14. The second-order valence-electron chi connectivity index (χ2n) is 7.36. The lowest BCUT2D eigenvalue weighted by atomic mass is 9.95. The van der Waals surface area contributed by atoms with Crippen LogP contribution in [0.1, 0.15) is 42.6 Å². The van der Waals surface area contributed by atoms with Crippen molar-refractivity contribution in [3.8, 4) is 11.3 Å². The molecule has 1 saturated carbocycles. The zero-order valence-corrected chi connectivity index (χ0v) is 15.7. The summed E-state index contributed by atoms with van der Waals surface area (Å²) in [6, 6.07) is 10.2. The number of anilines is 1. The van der Waals surface area contributed by atoms with Gasteiger partial charge in [0.25, 0.3) is 5.91 Å². The Kier molecular flexibility index (Phi) is 5.63. The fraction of sp³-hybridized carbons (Fsp3) is 0.476. The summed E-state index contributed by atoms with van der Waals surface area (Å²) in [7, 11) is 0. The van der Waals surface area contributed by atoms with Gasteiger partial charge in [-0.3, -0.25) is 4.79 Å². The van der Waals surface area contributed by atoms with Crippen molar-refractivity contribution in [2.75, 3.05) is 31.5 Å². The first-order chi connectivity index (χ1) is 13.3. The number of amides is 1. The van der Waals surface area contributed by atoms with E-state index < -0.39 is 0 Å². The standard InChI is InChI=1S/C21H27N5O/c27-21(26-13-11-22-12-14-26)19-8-4-7-18(25-19)16-9-10-23-20(15-16)24-17-5-2-1-3-6-17/h4,7-10,15,17,22H,1-3,5-6,11-14H2,(H,23,24). The van der Waals surface area contributed by atoms with E-state index in [0.717, 1.165) is 43.3 Å². The molecule has 0 unspecified atom stereocenters. The second-order valence-corrected chi connectivity index (χ2v) is 7.36. The van der Waals surface area contributed by atoms with Crippen LogP contribution in [0, 0.1) is 0 Å².